The van der Waals surface area contributed by atoms with E-state index in [2.05, 4.69) is 22.8 Å². The molecule has 2 fully saturated rings. The van der Waals surface area contributed by atoms with Gasteiger partial charge in [0.05, 0.1) is 6.10 Å². The Labute approximate surface area is 115 Å². The van der Waals surface area contributed by atoms with Crippen molar-refractivity contribution in [3.63, 3.8) is 0 Å². The number of nitrogens with zero attached hydrogens (tertiary/aromatic N) is 1. The second kappa shape index (κ2) is 7.04. The molecule has 0 amide bonds. The van der Waals surface area contributed by atoms with E-state index in [0.29, 0.717) is 11.2 Å². The van der Waals surface area contributed by atoms with Crippen LogP contribution in [0.2, 0.25) is 0 Å². The molecule has 0 aromatic rings. The summed E-state index contributed by atoms with van der Waals surface area (Å²) in [6.07, 6.45) is 7.29. The van der Waals surface area contributed by atoms with Gasteiger partial charge in [-0.3, -0.25) is 5.43 Å². The lowest BCUT2D eigenvalue weighted by molar-refractivity contribution is 0.114. The quantitative estimate of drug-likeness (QED) is 0.609. The topological polar surface area (TPSA) is 45.7 Å². The van der Waals surface area contributed by atoms with Gasteiger partial charge in [0, 0.05) is 18.9 Å². The van der Waals surface area contributed by atoms with Gasteiger partial charge in [0.25, 0.3) is 0 Å². The first-order valence-corrected chi connectivity index (χ1v) is 7.35. The average molecular weight is 269 g/mol. The van der Waals surface area contributed by atoms with Crippen LogP contribution < -0.4 is 10.7 Å². The van der Waals surface area contributed by atoms with Crippen molar-refractivity contribution in [1.29, 1.82) is 0 Å². The van der Waals surface area contributed by atoms with Gasteiger partial charge < -0.3 is 10.1 Å². The molecule has 0 spiro atoms. The Morgan fingerprint density at radius 1 is 1.39 bits per heavy atom. The number of hydrogen-bond acceptors (Lipinski definition) is 3. The highest BCUT2D eigenvalue weighted by Crippen LogP contribution is 2.20. The first-order valence-electron chi connectivity index (χ1n) is 6.95. The summed E-state index contributed by atoms with van der Waals surface area (Å²) in [6, 6.07) is 0. The van der Waals surface area contributed by atoms with Crippen LogP contribution in [0.15, 0.2) is 5.10 Å². The standard InChI is InChI=1S/C13H23N3OS/c1-10-4-6-11(7-5-10)15-16-13(18)14-9-12-3-2-8-17-12/h10,12H,2-9H2,1H3,(H2,14,16,18)/t10?,12-/m0/s1. The maximum Gasteiger partial charge on any atom is 0.187 e. The van der Waals surface area contributed by atoms with Gasteiger partial charge in [-0.25, -0.2) is 0 Å². The summed E-state index contributed by atoms with van der Waals surface area (Å²) in [7, 11) is 0. The fourth-order valence-corrected chi connectivity index (χ4v) is 2.52. The van der Waals surface area contributed by atoms with Crippen LogP contribution in [0.1, 0.15) is 45.4 Å². The molecule has 1 saturated carbocycles. The molecule has 0 unspecified atom stereocenters. The monoisotopic (exact) mass is 269 g/mol. The third kappa shape index (κ3) is 4.53. The van der Waals surface area contributed by atoms with E-state index in [-0.39, 0.29) is 0 Å². The molecule has 4 nitrogen and oxygen atoms in total. The summed E-state index contributed by atoms with van der Waals surface area (Å²) in [5.41, 5.74) is 4.19. The zero-order chi connectivity index (χ0) is 12.8. The van der Waals surface area contributed by atoms with Crippen molar-refractivity contribution in [3.8, 4) is 0 Å². The molecule has 1 saturated heterocycles. The number of nitrogens with one attached hydrogen (secondary N) is 2. The molecule has 2 N–H and O–H groups in total. The average Bonchev–Trinajstić information content (AvgIpc) is 2.89. The van der Waals surface area contributed by atoms with Gasteiger partial charge in [-0.2, -0.15) is 5.10 Å². The molecule has 0 radical (unpaired) electrons. The first kappa shape index (κ1) is 13.7. The summed E-state index contributed by atoms with van der Waals surface area (Å²) in [4.78, 5) is 0. The van der Waals surface area contributed by atoms with Crippen molar-refractivity contribution >= 4 is 23.0 Å². The summed E-state index contributed by atoms with van der Waals surface area (Å²) < 4.78 is 5.52. The van der Waals surface area contributed by atoms with Crippen molar-refractivity contribution in [2.75, 3.05) is 13.2 Å². The Balaban J connectivity index is 1.63. The van der Waals surface area contributed by atoms with Gasteiger partial charge in [0.15, 0.2) is 5.11 Å². The second-order valence-corrected chi connectivity index (χ2v) is 5.73. The lowest BCUT2D eigenvalue weighted by Crippen LogP contribution is -2.37. The van der Waals surface area contributed by atoms with Crippen LogP contribution in [0.3, 0.4) is 0 Å². The lowest BCUT2D eigenvalue weighted by atomic mass is 9.90. The molecule has 0 aromatic carbocycles. The fraction of sp³-hybridized carbons (Fsp3) is 0.846. The fourth-order valence-electron chi connectivity index (χ4n) is 2.39. The van der Waals surface area contributed by atoms with E-state index >= 15 is 0 Å². The number of thiocarbonyl (C=S) groups is 1. The van der Waals surface area contributed by atoms with Crippen LogP contribution in [0.4, 0.5) is 0 Å². The highest BCUT2D eigenvalue weighted by atomic mass is 32.1. The molecule has 1 aliphatic heterocycles. The Kier molecular flexibility index (Phi) is 5.38. The predicted octanol–water partition coefficient (Wildman–Crippen LogP) is 2.20. The van der Waals surface area contributed by atoms with E-state index in [1.54, 1.807) is 0 Å². The smallest absolute Gasteiger partial charge is 0.187 e. The molecule has 18 heavy (non-hydrogen) atoms. The van der Waals surface area contributed by atoms with Gasteiger partial charge in [-0.15, -0.1) is 0 Å². The van der Waals surface area contributed by atoms with Gasteiger partial charge in [0.1, 0.15) is 0 Å². The summed E-state index contributed by atoms with van der Waals surface area (Å²) in [5.74, 6) is 0.841. The Hall–Kier alpha value is -0.680. The minimum Gasteiger partial charge on any atom is -0.376 e. The summed E-state index contributed by atoms with van der Waals surface area (Å²) in [6.45, 7) is 3.97. The van der Waals surface area contributed by atoms with Crippen LogP contribution >= 0.6 is 12.2 Å². The molecule has 1 atom stereocenters. The number of rotatable bonds is 3. The second-order valence-electron chi connectivity index (χ2n) is 5.32. The van der Waals surface area contributed by atoms with Crippen molar-refractivity contribution < 1.29 is 4.74 Å². The Morgan fingerprint density at radius 2 is 2.17 bits per heavy atom. The number of ether oxygens (including phenoxy) is 1. The SMILES string of the molecule is CC1CCC(=NNC(=S)NC[C@@H]2CCCO2)CC1. The van der Waals surface area contributed by atoms with E-state index in [4.69, 9.17) is 17.0 Å². The van der Waals surface area contributed by atoms with Crippen molar-refractivity contribution in [2.24, 2.45) is 11.0 Å². The van der Waals surface area contributed by atoms with E-state index in [1.807, 2.05) is 0 Å². The predicted molar refractivity (Wildman–Crippen MR) is 77.8 cm³/mol. The number of hydrogen-bond donors (Lipinski definition) is 2. The minimum atomic E-state index is 0.313. The lowest BCUT2D eigenvalue weighted by Gasteiger charge is -2.19. The first-order chi connectivity index (χ1) is 8.74. The minimum absolute atomic E-state index is 0.313. The van der Waals surface area contributed by atoms with Crippen LogP contribution in [-0.4, -0.2) is 30.1 Å². The van der Waals surface area contributed by atoms with E-state index in [1.165, 1.54) is 18.6 Å². The molecule has 102 valence electrons. The van der Waals surface area contributed by atoms with Crippen molar-refractivity contribution in [1.82, 2.24) is 10.7 Å². The molecular weight excluding hydrogens is 246 g/mol. The van der Waals surface area contributed by atoms with Crippen LogP contribution in [0.5, 0.6) is 0 Å². The van der Waals surface area contributed by atoms with Gasteiger partial charge in [-0.05, 0) is 56.7 Å². The van der Waals surface area contributed by atoms with Crippen molar-refractivity contribution in [3.05, 3.63) is 0 Å². The zero-order valence-electron chi connectivity index (χ0n) is 11.1. The molecule has 1 aliphatic carbocycles. The third-order valence-electron chi connectivity index (χ3n) is 3.68. The van der Waals surface area contributed by atoms with Crippen LogP contribution in [0, 0.1) is 5.92 Å². The van der Waals surface area contributed by atoms with Gasteiger partial charge in [0.2, 0.25) is 0 Å². The van der Waals surface area contributed by atoms with Crippen LogP contribution in [-0.2, 0) is 4.74 Å². The van der Waals surface area contributed by atoms with E-state index < -0.39 is 0 Å². The largest absolute Gasteiger partial charge is 0.376 e. The summed E-state index contributed by atoms with van der Waals surface area (Å²) in [5, 5.41) is 8.15. The van der Waals surface area contributed by atoms with Crippen molar-refractivity contribution in [2.45, 2.75) is 51.6 Å². The zero-order valence-corrected chi connectivity index (χ0v) is 11.9. The molecule has 2 rings (SSSR count). The molecule has 2 aliphatic rings. The Bertz CT molecular complexity index is 303. The van der Waals surface area contributed by atoms with Gasteiger partial charge in [-0.1, -0.05) is 6.92 Å². The molecule has 1 heterocycles. The Morgan fingerprint density at radius 3 is 2.83 bits per heavy atom. The highest BCUT2D eigenvalue weighted by molar-refractivity contribution is 7.80. The molecule has 0 aromatic heterocycles. The summed E-state index contributed by atoms with van der Waals surface area (Å²) >= 11 is 5.20. The number of hydrazone groups is 1. The maximum absolute atomic E-state index is 5.52. The third-order valence-corrected chi connectivity index (χ3v) is 3.92. The van der Waals surface area contributed by atoms with E-state index in [9.17, 15) is 0 Å². The molecular formula is C13H23N3OS. The van der Waals surface area contributed by atoms with E-state index in [0.717, 1.165) is 44.8 Å². The van der Waals surface area contributed by atoms with Crippen LogP contribution in [0.25, 0.3) is 0 Å². The molecule has 5 heteroatoms. The van der Waals surface area contributed by atoms with Gasteiger partial charge >= 0.3 is 0 Å². The molecule has 0 bridgehead atoms. The normalized spacial score (nSPS) is 27.9. The highest BCUT2D eigenvalue weighted by Gasteiger charge is 2.15. The maximum atomic E-state index is 5.52.